The van der Waals surface area contributed by atoms with E-state index < -0.39 is 48.1 Å². The molecule has 0 bridgehead atoms. The molecule has 4 amide bonds. The number of ether oxygens (including phenoxy) is 2. The molecule has 1 aliphatic rings. The SMILES string of the molecule is CCNC(=O)OCC(COC(=O)NC)C(=O)CCC(=O)ON1C(=O)CCC1=O. The Kier molecular flexibility index (Phi) is 9.40. The van der Waals surface area contributed by atoms with Crippen LogP contribution in [0.4, 0.5) is 9.59 Å². The van der Waals surface area contributed by atoms with Gasteiger partial charge in [-0.15, -0.1) is 5.06 Å². The number of imide groups is 1. The summed E-state index contributed by atoms with van der Waals surface area (Å²) >= 11 is 0. The standard InChI is InChI=1S/C16H23N3O9/c1-3-18-16(25)27-9-10(8-26-15(24)17-2)11(20)4-7-14(23)28-19-12(21)5-6-13(19)22/h10H,3-9H2,1-2H3,(H,17,24)(H,18,25). The van der Waals surface area contributed by atoms with E-state index in [1.165, 1.54) is 7.05 Å². The zero-order valence-corrected chi connectivity index (χ0v) is 15.6. The van der Waals surface area contributed by atoms with E-state index in [0.29, 0.717) is 11.6 Å². The van der Waals surface area contributed by atoms with Crippen molar-refractivity contribution in [1.82, 2.24) is 15.7 Å². The number of ketones is 1. The van der Waals surface area contributed by atoms with E-state index in [1.807, 2.05) is 0 Å². The number of carbonyl (C=O) groups excluding carboxylic acids is 6. The third-order valence-corrected chi connectivity index (χ3v) is 3.59. The molecule has 0 spiro atoms. The van der Waals surface area contributed by atoms with Crippen molar-refractivity contribution in [1.29, 1.82) is 0 Å². The molecule has 1 unspecified atom stereocenters. The molecular formula is C16H23N3O9. The van der Waals surface area contributed by atoms with Crippen molar-refractivity contribution < 1.29 is 43.1 Å². The molecule has 1 heterocycles. The Morgan fingerprint density at radius 1 is 1.00 bits per heavy atom. The summed E-state index contributed by atoms with van der Waals surface area (Å²) < 4.78 is 9.69. The second kappa shape index (κ2) is 11.5. The number of alkyl carbamates (subject to hydrolysis) is 2. The van der Waals surface area contributed by atoms with Crippen molar-refractivity contribution >= 4 is 35.8 Å². The van der Waals surface area contributed by atoms with Crippen LogP contribution in [0, 0.1) is 5.92 Å². The molecule has 28 heavy (non-hydrogen) atoms. The fourth-order valence-corrected chi connectivity index (χ4v) is 2.09. The number of amides is 4. The number of rotatable bonds is 10. The van der Waals surface area contributed by atoms with Crippen molar-refractivity contribution in [2.75, 3.05) is 26.8 Å². The van der Waals surface area contributed by atoms with Gasteiger partial charge in [0.25, 0.3) is 11.8 Å². The van der Waals surface area contributed by atoms with E-state index in [2.05, 4.69) is 15.5 Å². The lowest BCUT2D eigenvalue weighted by Crippen LogP contribution is -2.34. The third-order valence-electron chi connectivity index (χ3n) is 3.59. The van der Waals surface area contributed by atoms with Gasteiger partial charge in [-0.3, -0.25) is 14.4 Å². The van der Waals surface area contributed by atoms with E-state index in [9.17, 15) is 28.8 Å². The van der Waals surface area contributed by atoms with Gasteiger partial charge in [0.15, 0.2) is 0 Å². The summed E-state index contributed by atoms with van der Waals surface area (Å²) in [6, 6.07) is 0. The molecule has 1 fully saturated rings. The number of hydrogen-bond acceptors (Lipinski definition) is 9. The fourth-order valence-electron chi connectivity index (χ4n) is 2.09. The second-order valence-corrected chi connectivity index (χ2v) is 5.69. The normalized spacial score (nSPS) is 14.3. The predicted octanol–water partition coefficient (Wildman–Crippen LogP) is -0.339. The average molecular weight is 401 g/mol. The van der Waals surface area contributed by atoms with E-state index in [0.717, 1.165) is 0 Å². The second-order valence-electron chi connectivity index (χ2n) is 5.69. The Hall–Kier alpha value is -3.18. The highest BCUT2D eigenvalue weighted by atomic mass is 16.7. The van der Waals surface area contributed by atoms with Gasteiger partial charge in [0.2, 0.25) is 0 Å². The van der Waals surface area contributed by atoms with Crippen molar-refractivity contribution in [3.8, 4) is 0 Å². The maximum Gasteiger partial charge on any atom is 0.407 e. The molecule has 1 saturated heterocycles. The van der Waals surface area contributed by atoms with Gasteiger partial charge >= 0.3 is 18.2 Å². The smallest absolute Gasteiger partial charge is 0.407 e. The molecule has 0 radical (unpaired) electrons. The van der Waals surface area contributed by atoms with Crippen molar-refractivity contribution in [2.45, 2.75) is 32.6 Å². The van der Waals surface area contributed by atoms with Crippen molar-refractivity contribution in [3.63, 3.8) is 0 Å². The van der Waals surface area contributed by atoms with Gasteiger partial charge in [-0.2, -0.15) is 0 Å². The summed E-state index contributed by atoms with van der Waals surface area (Å²) in [6.45, 7) is 1.28. The lowest BCUT2D eigenvalue weighted by atomic mass is 10.0. The summed E-state index contributed by atoms with van der Waals surface area (Å²) in [5.74, 6) is -3.71. The molecule has 12 nitrogen and oxygen atoms in total. The topological polar surface area (TPSA) is 157 Å². The molecule has 0 aromatic carbocycles. The number of hydrogen-bond donors (Lipinski definition) is 2. The van der Waals surface area contributed by atoms with E-state index in [-0.39, 0.29) is 32.5 Å². The first-order chi connectivity index (χ1) is 13.3. The quantitative estimate of drug-likeness (QED) is 0.467. The van der Waals surface area contributed by atoms with Gasteiger partial charge in [-0.25, -0.2) is 14.4 Å². The minimum Gasteiger partial charge on any atom is -0.449 e. The lowest BCUT2D eigenvalue weighted by Gasteiger charge is -2.16. The van der Waals surface area contributed by atoms with Crippen LogP contribution in [-0.2, 0) is 33.5 Å². The van der Waals surface area contributed by atoms with Crippen LogP contribution in [0.25, 0.3) is 0 Å². The first-order valence-electron chi connectivity index (χ1n) is 8.62. The molecule has 0 aliphatic carbocycles. The Balaban J connectivity index is 2.54. The van der Waals surface area contributed by atoms with Gasteiger partial charge in [-0.05, 0) is 6.92 Å². The number of nitrogens with one attached hydrogen (secondary N) is 2. The molecule has 0 aromatic rings. The minimum atomic E-state index is -0.997. The first kappa shape index (κ1) is 22.9. The number of Topliss-reactive ketones (excluding diaryl/α,β-unsaturated/α-hetero) is 1. The van der Waals surface area contributed by atoms with Gasteiger partial charge < -0.3 is 24.9 Å². The van der Waals surface area contributed by atoms with Crippen LogP contribution < -0.4 is 10.6 Å². The zero-order chi connectivity index (χ0) is 21.1. The largest absolute Gasteiger partial charge is 0.449 e. The fraction of sp³-hybridized carbons (Fsp3) is 0.625. The van der Waals surface area contributed by atoms with E-state index in [4.69, 9.17) is 9.47 Å². The van der Waals surface area contributed by atoms with E-state index in [1.54, 1.807) is 6.92 Å². The number of hydroxylamine groups is 2. The molecule has 0 aromatic heterocycles. The molecule has 1 atom stereocenters. The van der Waals surface area contributed by atoms with Crippen LogP contribution in [0.3, 0.4) is 0 Å². The van der Waals surface area contributed by atoms with Gasteiger partial charge in [0.1, 0.15) is 19.0 Å². The molecule has 2 N–H and O–H groups in total. The molecule has 0 saturated carbocycles. The predicted molar refractivity (Wildman–Crippen MR) is 90.3 cm³/mol. The van der Waals surface area contributed by atoms with Crippen LogP contribution in [0.2, 0.25) is 0 Å². The Morgan fingerprint density at radius 2 is 1.57 bits per heavy atom. The molecule has 156 valence electrons. The van der Waals surface area contributed by atoms with Crippen molar-refractivity contribution in [3.05, 3.63) is 0 Å². The van der Waals surface area contributed by atoms with Crippen LogP contribution in [0.5, 0.6) is 0 Å². The third kappa shape index (κ3) is 7.60. The average Bonchev–Trinajstić information content (AvgIpc) is 2.98. The van der Waals surface area contributed by atoms with Crippen LogP contribution >= 0.6 is 0 Å². The van der Waals surface area contributed by atoms with Gasteiger partial charge in [0, 0.05) is 32.9 Å². The first-order valence-corrected chi connectivity index (χ1v) is 8.62. The van der Waals surface area contributed by atoms with Gasteiger partial charge in [0.05, 0.1) is 12.3 Å². The minimum absolute atomic E-state index is 0.0406. The summed E-state index contributed by atoms with van der Waals surface area (Å²) in [5, 5.41) is 4.97. The Labute approximate surface area is 160 Å². The van der Waals surface area contributed by atoms with Crippen LogP contribution in [0.15, 0.2) is 0 Å². The molecule has 1 aliphatic heterocycles. The maximum atomic E-state index is 12.3. The number of nitrogens with zero attached hydrogens (tertiary/aromatic N) is 1. The summed E-state index contributed by atoms with van der Waals surface area (Å²) in [7, 11) is 1.33. The molecule has 1 rings (SSSR count). The molecule has 12 heteroatoms. The highest BCUT2D eigenvalue weighted by Crippen LogP contribution is 2.14. The highest BCUT2D eigenvalue weighted by molar-refractivity contribution is 6.01. The monoisotopic (exact) mass is 401 g/mol. The van der Waals surface area contributed by atoms with Crippen molar-refractivity contribution in [2.24, 2.45) is 5.92 Å². The molecular weight excluding hydrogens is 378 g/mol. The zero-order valence-electron chi connectivity index (χ0n) is 15.6. The van der Waals surface area contributed by atoms with Crippen LogP contribution in [0.1, 0.15) is 32.6 Å². The lowest BCUT2D eigenvalue weighted by molar-refractivity contribution is -0.197. The maximum absolute atomic E-state index is 12.3. The summed E-state index contributed by atoms with van der Waals surface area (Å²) in [4.78, 5) is 74.1. The van der Waals surface area contributed by atoms with Crippen LogP contribution in [-0.4, -0.2) is 67.6 Å². The van der Waals surface area contributed by atoms with Gasteiger partial charge in [-0.1, -0.05) is 0 Å². The summed E-state index contributed by atoms with van der Waals surface area (Å²) in [6.07, 6.45) is -2.34. The number of carbonyl (C=O) groups is 6. The van der Waals surface area contributed by atoms with E-state index >= 15 is 0 Å². The Morgan fingerprint density at radius 3 is 2.11 bits per heavy atom. The highest BCUT2D eigenvalue weighted by Gasteiger charge is 2.33. The Bertz CT molecular complexity index is 619. The summed E-state index contributed by atoms with van der Waals surface area (Å²) in [5.41, 5.74) is 0.